The number of nitrogens with zero attached hydrogens (tertiary/aromatic N) is 1. The minimum atomic E-state index is -3.78. The molecule has 2 N–H and O–H groups in total. The van der Waals surface area contributed by atoms with Gasteiger partial charge in [-0.05, 0) is 38.7 Å². The van der Waals surface area contributed by atoms with E-state index in [-0.39, 0.29) is 13.2 Å². The van der Waals surface area contributed by atoms with Crippen molar-refractivity contribution in [1.29, 1.82) is 0 Å². The molecule has 1 aromatic carbocycles. The van der Waals surface area contributed by atoms with Crippen LogP contribution in [0.5, 0.6) is 0 Å². The summed E-state index contributed by atoms with van der Waals surface area (Å²) in [7, 11) is -4.22. The van der Waals surface area contributed by atoms with E-state index >= 15 is 0 Å². The first-order valence-electron chi connectivity index (χ1n) is 8.34. The van der Waals surface area contributed by atoms with Crippen molar-refractivity contribution >= 4 is 22.8 Å². The zero-order valence-electron chi connectivity index (χ0n) is 15.1. The summed E-state index contributed by atoms with van der Waals surface area (Å²) in [6, 6.07) is 7.12. The molecule has 25 heavy (non-hydrogen) atoms. The molecule has 0 radical (unpaired) electrons. The zero-order valence-corrected chi connectivity index (χ0v) is 15.9. The normalized spacial score (nSPS) is 26.8. The van der Waals surface area contributed by atoms with Gasteiger partial charge in [0.1, 0.15) is 0 Å². The highest BCUT2D eigenvalue weighted by Crippen LogP contribution is 2.36. The number of morpholine rings is 1. The Bertz CT molecular complexity index is 719. The van der Waals surface area contributed by atoms with Crippen molar-refractivity contribution in [2.45, 2.75) is 44.9 Å². The van der Waals surface area contributed by atoms with E-state index in [1.54, 1.807) is 0 Å². The van der Waals surface area contributed by atoms with E-state index in [4.69, 9.17) is 19.2 Å². The Morgan fingerprint density at radius 1 is 1.12 bits per heavy atom. The Balaban J connectivity index is 1.81. The fourth-order valence-electron chi connectivity index (χ4n) is 3.01. The molecule has 2 fully saturated rings. The predicted octanol–water partition coefficient (Wildman–Crippen LogP) is 0.563. The topological polar surface area (TPSA) is 91.1 Å². The van der Waals surface area contributed by atoms with Crippen molar-refractivity contribution in [3.8, 4) is 0 Å². The maximum Gasteiger partial charge on any atom is 0.494 e. The minimum Gasteiger partial charge on any atom is -0.399 e. The van der Waals surface area contributed by atoms with Crippen molar-refractivity contribution in [2.75, 3.05) is 19.8 Å². The van der Waals surface area contributed by atoms with Gasteiger partial charge in [0.2, 0.25) is 0 Å². The van der Waals surface area contributed by atoms with Crippen molar-refractivity contribution in [3.05, 3.63) is 29.8 Å². The highest BCUT2D eigenvalue weighted by molar-refractivity contribution is 7.86. The first-order valence-corrected chi connectivity index (χ1v) is 9.84. The number of nitrogens with two attached hydrogens (primary N) is 1. The van der Waals surface area contributed by atoms with Crippen molar-refractivity contribution in [1.82, 2.24) is 4.31 Å². The van der Waals surface area contributed by atoms with Gasteiger partial charge in [-0.3, -0.25) is 0 Å². The molecular formula is C16H25BN2O5S. The molecule has 7 nitrogen and oxygen atoms in total. The Kier molecular flexibility index (Phi) is 4.76. The number of rotatable bonds is 3. The average molecular weight is 368 g/mol. The van der Waals surface area contributed by atoms with E-state index in [1.165, 1.54) is 4.31 Å². The lowest BCUT2D eigenvalue weighted by atomic mass is 9.78. The second-order valence-corrected chi connectivity index (χ2v) is 9.00. The van der Waals surface area contributed by atoms with E-state index in [9.17, 15) is 8.42 Å². The maximum absolute atomic E-state index is 11.8. The first-order chi connectivity index (χ1) is 11.5. The molecule has 1 unspecified atom stereocenters. The van der Waals surface area contributed by atoms with Crippen LogP contribution in [0.4, 0.5) is 0 Å². The molecule has 2 aliphatic heterocycles. The number of benzene rings is 1. The molecule has 0 spiro atoms. The monoisotopic (exact) mass is 368 g/mol. The Hall–Kier alpha value is -0.965. The van der Waals surface area contributed by atoms with E-state index in [0.717, 1.165) is 11.0 Å². The van der Waals surface area contributed by atoms with Crippen LogP contribution in [-0.4, -0.2) is 50.8 Å². The lowest BCUT2D eigenvalue weighted by Gasteiger charge is -2.33. The van der Waals surface area contributed by atoms with E-state index in [1.807, 2.05) is 52.0 Å². The van der Waals surface area contributed by atoms with Gasteiger partial charge in [-0.1, -0.05) is 24.3 Å². The second kappa shape index (κ2) is 6.33. The predicted molar refractivity (Wildman–Crippen MR) is 95.5 cm³/mol. The summed E-state index contributed by atoms with van der Waals surface area (Å²) >= 11 is 0. The highest BCUT2D eigenvalue weighted by atomic mass is 32.2. The summed E-state index contributed by atoms with van der Waals surface area (Å²) in [5, 5.41) is 5.33. The van der Waals surface area contributed by atoms with Crippen LogP contribution in [0.3, 0.4) is 0 Å². The van der Waals surface area contributed by atoms with Gasteiger partial charge in [-0.15, -0.1) is 0 Å². The molecule has 2 aliphatic rings. The largest absolute Gasteiger partial charge is 0.494 e. The maximum atomic E-state index is 11.8. The third-order valence-corrected chi connectivity index (χ3v) is 6.34. The van der Waals surface area contributed by atoms with Gasteiger partial charge >= 0.3 is 7.12 Å². The standard InChI is InChI=1S/C16H25BN2O5S/c1-15(2)16(3,4)24-17(23-15)13-7-5-12(6-8-13)14-11-22-10-9-19(14)25(18,20)21/h5-8,14H,9-11H2,1-4H3,(H2,18,20,21). The van der Waals surface area contributed by atoms with Crippen LogP contribution >= 0.6 is 0 Å². The van der Waals surface area contributed by atoms with Gasteiger partial charge in [-0.25, -0.2) is 5.14 Å². The number of hydrogen-bond donors (Lipinski definition) is 1. The molecule has 9 heteroatoms. The van der Waals surface area contributed by atoms with Gasteiger partial charge in [-0.2, -0.15) is 12.7 Å². The second-order valence-electron chi connectivity index (χ2n) is 7.50. The average Bonchev–Trinajstić information content (AvgIpc) is 2.75. The highest BCUT2D eigenvalue weighted by Gasteiger charge is 2.51. The van der Waals surface area contributed by atoms with Crippen LogP contribution < -0.4 is 10.6 Å². The summed E-state index contributed by atoms with van der Waals surface area (Å²) in [6.45, 7) is 8.90. The van der Waals surface area contributed by atoms with Crippen LogP contribution in [0.25, 0.3) is 0 Å². The molecule has 0 bridgehead atoms. The van der Waals surface area contributed by atoms with E-state index in [0.29, 0.717) is 6.61 Å². The molecule has 0 aliphatic carbocycles. The number of hydrogen-bond acceptors (Lipinski definition) is 5. The molecule has 0 saturated carbocycles. The zero-order chi connectivity index (χ0) is 18.5. The van der Waals surface area contributed by atoms with Crippen LogP contribution in [0.1, 0.15) is 39.3 Å². The van der Waals surface area contributed by atoms with Crippen molar-refractivity contribution < 1.29 is 22.5 Å². The van der Waals surface area contributed by atoms with Gasteiger partial charge in [0, 0.05) is 6.54 Å². The quantitative estimate of drug-likeness (QED) is 0.788. The molecule has 3 rings (SSSR count). The third-order valence-electron chi connectivity index (χ3n) is 5.25. The fraction of sp³-hybridized carbons (Fsp3) is 0.625. The summed E-state index contributed by atoms with van der Waals surface area (Å²) in [6.07, 6.45) is 0. The van der Waals surface area contributed by atoms with Crippen molar-refractivity contribution in [2.24, 2.45) is 5.14 Å². The first kappa shape index (κ1) is 18.8. The van der Waals surface area contributed by atoms with E-state index < -0.39 is 34.6 Å². The Labute approximate surface area is 149 Å². The van der Waals surface area contributed by atoms with Crippen LogP contribution in [0, 0.1) is 0 Å². The summed E-state index contributed by atoms with van der Waals surface area (Å²) < 4.78 is 42.4. The molecule has 1 aromatic rings. The molecule has 0 amide bonds. The summed E-state index contributed by atoms with van der Waals surface area (Å²) in [4.78, 5) is 0. The van der Waals surface area contributed by atoms with Crippen LogP contribution in [0.2, 0.25) is 0 Å². The van der Waals surface area contributed by atoms with Gasteiger partial charge in [0.05, 0.1) is 30.5 Å². The number of ether oxygens (including phenoxy) is 1. The Morgan fingerprint density at radius 2 is 1.68 bits per heavy atom. The van der Waals surface area contributed by atoms with Gasteiger partial charge < -0.3 is 14.0 Å². The van der Waals surface area contributed by atoms with Crippen molar-refractivity contribution in [3.63, 3.8) is 0 Å². The Morgan fingerprint density at radius 3 is 2.20 bits per heavy atom. The summed E-state index contributed by atoms with van der Waals surface area (Å²) in [5.74, 6) is 0. The molecule has 0 aromatic heterocycles. The fourth-order valence-corrected chi connectivity index (χ4v) is 3.88. The molecule has 2 heterocycles. The molecule has 1 atom stereocenters. The SMILES string of the molecule is CC1(C)OB(c2ccc(C3COCCN3S(N)(=O)=O)cc2)OC1(C)C. The lowest BCUT2D eigenvalue weighted by molar-refractivity contribution is 0.00578. The molecule has 2 saturated heterocycles. The van der Waals surface area contributed by atoms with E-state index in [2.05, 4.69) is 0 Å². The van der Waals surface area contributed by atoms with Gasteiger partial charge in [0.25, 0.3) is 10.2 Å². The minimum absolute atomic E-state index is 0.252. The summed E-state index contributed by atoms with van der Waals surface area (Å²) in [5.41, 5.74) is 0.908. The molecule has 138 valence electrons. The van der Waals surface area contributed by atoms with Gasteiger partial charge in [0.15, 0.2) is 0 Å². The smallest absolute Gasteiger partial charge is 0.399 e. The third kappa shape index (κ3) is 3.62. The van der Waals surface area contributed by atoms with Crippen LogP contribution in [-0.2, 0) is 24.3 Å². The van der Waals surface area contributed by atoms with Crippen LogP contribution in [0.15, 0.2) is 24.3 Å². The lowest BCUT2D eigenvalue weighted by Crippen LogP contribution is -2.46. The molecular weight excluding hydrogens is 343 g/mol.